The van der Waals surface area contributed by atoms with Crippen molar-refractivity contribution in [1.29, 1.82) is 0 Å². The van der Waals surface area contributed by atoms with Crippen molar-refractivity contribution in [3.63, 3.8) is 0 Å². The minimum Gasteiger partial charge on any atom is -0.310 e. The van der Waals surface area contributed by atoms with Crippen molar-refractivity contribution in [3.05, 3.63) is 35.9 Å². The minimum absolute atomic E-state index is 0.738. The van der Waals surface area contributed by atoms with Gasteiger partial charge in [-0.2, -0.15) is 0 Å². The summed E-state index contributed by atoms with van der Waals surface area (Å²) in [4.78, 5) is 2.42. The molecule has 1 aliphatic carbocycles. The molecule has 0 spiro atoms. The van der Waals surface area contributed by atoms with Gasteiger partial charge in [-0.3, -0.25) is 0 Å². The van der Waals surface area contributed by atoms with Crippen LogP contribution in [0, 0.1) is 0 Å². The first-order valence-electron chi connectivity index (χ1n) is 6.81. The standard InChI is InChI=1S/C15H22N2/c1-17-8-7-14(11-17)16-15-9-13(10-15)12-5-3-2-4-6-12/h2-6,13-16H,7-11H2,1H3. The van der Waals surface area contributed by atoms with Crippen LogP contribution in [0.15, 0.2) is 30.3 Å². The molecule has 2 aliphatic rings. The van der Waals surface area contributed by atoms with E-state index in [-0.39, 0.29) is 0 Å². The van der Waals surface area contributed by atoms with Crippen LogP contribution >= 0.6 is 0 Å². The van der Waals surface area contributed by atoms with Crippen LogP contribution in [-0.4, -0.2) is 37.1 Å². The number of likely N-dealkylation sites (N-methyl/N-ethyl adjacent to an activating group) is 1. The Bertz CT molecular complexity index is 356. The quantitative estimate of drug-likeness (QED) is 0.856. The van der Waals surface area contributed by atoms with Gasteiger partial charge in [0.1, 0.15) is 0 Å². The molecule has 0 bridgehead atoms. The van der Waals surface area contributed by atoms with E-state index >= 15 is 0 Å². The highest BCUT2D eigenvalue weighted by atomic mass is 15.2. The van der Waals surface area contributed by atoms with E-state index in [9.17, 15) is 0 Å². The zero-order valence-corrected chi connectivity index (χ0v) is 10.6. The van der Waals surface area contributed by atoms with Crippen LogP contribution in [0.1, 0.15) is 30.7 Å². The average molecular weight is 230 g/mol. The van der Waals surface area contributed by atoms with Crippen molar-refractivity contribution in [3.8, 4) is 0 Å². The van der Waals surface area contributed by atoms with E-state index in [1.807, 2.05) is 0 Å². The fourth-order valence-corrected chi connectivity index (χ4v) is 3.16. The summed E-state index contributed by atoms with van der Waals surface area (Å²) in [5.41, 5.74) is 1.52. The molecule has 1 saturated heterocycles. The zero-order chi connectivity index (χ0) is 11.7. The number of hydrogen-bond acceptors (Lipinski definition) is 2. The predicted molar refractivity (Wildman–Crippen MR) is 71.2 cm³/mol. The van der Waals surface area contributed by atoms with Gasteiger partial charge in [-0.15, -0.1) is 0 Å². The SMILES string of the molecule is CN1CCC(NC2CC(c3ccccc3)C2)C1. The topological polar surface area (TPSA) is 15.3 Å². The van der Waals surface area contributed by atoms with Gasteiger partial charge in [0.2, 0.25) is 0 Å². The maximum atomic E-state index is 3.80. The first-order chi connectivity index (χ1) is 8.31. The smallest absolute Gasteiger partial charge is 0.0209 e. The van der Waals surface area contributed by atoms with Crippen molar-refractivity contribution in [1.82, 2.24) is 10.2 Å². The van der Waals surface area contributed by atoms with E-state index in [2.05, 4.69) is 47.6 Å². The van der Waals surface area contributed by atoms with Crippen LogP contribution in [0.2, 0.25) is 0 Å². The van der Waals surface area contributed by atoms with Crippen LogP contribution in [0.3, 0.4) is 0 Å². The lowest BCUT2D eigenvalue weighted by atomic mass is 9.75. The average Bonchev–Trinajstić information content (AvgIpc) is 2.70. The van der Waals surface area contributed by atoms with Crippen molar-refractivity contribution >= 4 is 0 Å². The minimum atomic E-state index is 0.738. The number of benzene rings is 1. The molecule has 3 rings (SSSR count). The molecule has 2 fully saturated rings. The molecule has 0 aromatic heterocycles. The number of hydrogen-bond donors (Lipinski definition) is 1. The van der Waals surface area contributed by atoms with Crippen LogP contribution in [0.4, 0.5) is 0 Å². The molecule has 92 valence electrons. The summed E-state index contributed by atoms with van der Waals surface area (Å²) < 4.78 is 0. The monoisotopic (exact) mass is 230 g/mol. The van der Waals surface area contributed by atoms with Crippen molar-refractivity contribution < 1.29 is 0 Å². The second-order valence-electron chi connectivity index (χ2n) is 5.69. The van der Waals surface area contributed by atoms with Crippen molar-refractivity contribution in [2.75, 3.05) is 20.1 Å². The highest BCUT2D eigenvalue weighted by Gasteiger charge is 2.32. The van der Waals surface area contributed by atoms with Gasteiger partial charge in [-0.1, -0.05) is 30.3 Å². The fraction of sp³-hybridized carbons (Fsp3) is 0.600. The summed E-state index contributed by atoms with van der Waals surface area (Å²) in [6.07, 6.45) is 3.97. The van der Waals surface area contributed by atoms with Gasteiger partial charge in [0.15, 0.2) is 0 Å². The second-order valence-corrected chi connectivity index (χ2v) is 5.69. The van der Waals surface area contributed by atoms with Gasteiger partial charge in [-0.25, -0.2) is 0 Å². The number of rotatable bonds is 3. The summed E-state index contributed by atoms with van der Waals surface area (Å²) in [5, 5.41) is 3.80. The molecule has 0 amide bonds. The lowest BCUT2D eigenvalue weighted by Gasteiger charge is -2.38. The van der Waals surface area contributed by atoms with Gasteiger partial charge in [0.25, 0.3) is 0 Å². The Morgan fingerprint density at radius 2 is 1.88 bits per heavy atom. The molecule has 0 radical (unpaired) electrons. The maximum absolute atomic E-state index is 3.80. The molecule has 1 aromatic rings. The Kier molecular flexibility index (Phi) is 3.17. The van der Waals surface area contributed by atoms with Crippen LogP contribution in [-0.2, 0) is 0 Å². The highest BCUT2D eigenvalue weighted by molar-refractivity contribution is 5.22. The number of likely N-dealkylation sites (tertiary alicyclic amines) is 1. The molecule has 2 heteroatoms. The first kappa shape index (κ1) is 11.2. The Balaban J connectivity index is 1.46. The van der Waals surface area contributed by atoms with E-state index in [1.54, 1.807) is 0 Å². The number of nitrogens with zero attached hydrogens (tertiary/aromatic N) is 1. The number of nitrogens with one attached hydrogen (secondary N) is 1. The van der Waals surface area contributed by atoms with Gasteiger partial charge in [0, 0.05) is 18.6 Å². The molecule has 1 atom stereocenters. The van der Waals surface area contributed by atoms with E-state index in [0.717, 1.165) is 18.0 Å². The fourth-order valence-electron chi connectivity index (χ4n) is 3.16. The third-order valence-electron chi connectivity index (χ3n) is 4.27. The molecule has 1 aliphatic heterocycles. The van der Waals surface area contributed by atoms with Crippen LogP contribution in [0.5, 0.6) is 0 Å². The van der Waals surface area contributed by atoms with Gasteiger partial charge in [0.05, 0.1) is 0 Å². The maximum Gasteiger partial charge on any atom is 0.0209 e. The first-order valence-corrected chi connectivity index (χ1v) is 6.81. The molecule has 1 heterocycles. The zero-order valence-electron chi connectivity index (χ0n) is 10.6. The molecule has 1 unspecified atom stereocenters. The predicted octanol–water partition coefficient (Wildman–Crippen LogP) is 2.23. The van der Waals surface area contributed by atoms with Crippen molar-refractivity contribution in [2.24, 2.45) is 0 Å². The molecule has 2 nitrogen and oxygen atoms in total. The highest BCUT2D eigenvalue weighted by Crippen LogP contribution is 2.37. The van der Waals surface area contributed by atoms with Crippen LogP contribution < -0.4 is 5.32 Å². The lowest BCUT2D eigenvalue weighted by Crippen LogP contribution is -2.46. The Morgan fingerprint density at radius 3 is 2.53 bits per heavy atom. The summed E-state index contributed by atoms with van der Waals surface area (Å²) in [6.45, 7) is 2.49. The van der Waals surface area contributed by atoms with E-state index in [0.29, 0.717) is 0 Å². The Hall–Kier alpha value is -0.860. The molecule has 1 saturated carbocycles. The Morgan fingerprint density at radius 1 is 1.12 bits per heavy atom. The molecule has 1 N–H and O–H groups in total. The van der Waals surface area contributed by atoms with Crippen molar-refractivity contribution in [2.45, 2.75) is 37.3 Å². The normalized spacial score (nSPS) is 33.6. The van der Waals surface area contributed by atoms with Gasteiger partial charge < -0.3 is 10.2 Å². The van der Waals surface area contributed by atoms with Gasteiger partial charge >= 0.3 is 0 Å². The summed E-state index contributed by atoms with van der Waals surface area (Å²) in [7, 11) is 2.22. The molecule has 17 heavy (non-hydrogen) atoms. The van der Waals surface area contributed by atoms with E-state index < -0.39 is 0 Å². The summed E-state index contributed by atoms with van der Waals surface area (Å²) in [6, 6.07) is 12.4. The Labute approximate surface area is 104 Å². The molecular formula is C15H22N2. The third kappa shape index (κ3) is 2.53. The lowest BCUT2D eigenvalue weighted by molar-refractivity contribution is 0.263. The largest absolute Gasteiger partial charge is 0.310 e. The second kappa shape index (κ2) is 4.79. The van der Waals surface area contributed by atoms with Gasteiger partial charge in [-0.05, 0) is 44.3 Å². The van der Waals surface area contributed by atoms with E-state index in [1.165, 1.54) is 37.9 Å². The molecular weight excluding hydrogens is 208 g/mol. The summed E-state index contributed by atoms with van der Waals surface area (Å²) >= 11 is 0. The van der Waals surface area contributed by atoms with E-state index in [4.69, 9.17) is 0 Å². The van der Waals surface area contributed by atoms with Crippen LogP contribution in [0.25, 0.3) is 0 Å². The summed E-state index contributed by atoms with van der Waals surface area (Å²) in [5.74, 6) is 0.799. The third-order valence-corrected chi connectivity index (χ3v) is 4.27. The molecule has 1 aromatic carbocycles.